The zero-order chi connectivity index (χ0) is 14.3. The number of carbonyl (C=O) groups is 1. The molecule has 0 aromatic heterocycles. The van der Waals surface area contributed by atoms with Crippen LogP contribution in [0, 0.1) is 0 Å². The van der Waals surface area contributed by atoms with Crippen LogP contribution in [0.15, 0.2) is 29.2 Å². The van der Waals surface area contributed by atoms with Crippen LogP contribution in [0.3, 0.4) is 0 Å². The molecule has 1 aliphatic heterocycles. The number of nitrogens with zero attached hydrogens (tertiary/aromatic N) is 1. The molecule has 104 valence electrons. The van der Waals surface area contributed by atoms with Crippen molar-refractivity contribution in [3.63, 3.8) is 0 Å². The number of hydrogen-bond acceptors (Lipinski definition) is 3. The number of piperazine rings is 1. The predicted molar refractivity (Wildman–Crippen MR) is 72.4 cm³/mol. The van der Waals surface area contributed by atoms with E-state index in [9.17, 15) is 13.2 Å². The van der Waals surface area contributed by atoms with Gasteiger partial charge in [-0.15, -0.1) is 0 Å². The van der Waals surface area contributed by atoms with Crippen molar-refractivity contribution in [1.29, 1.82) is 0 Å². The van der Waals surface area contributed by atoms with E-state index in [0.717, 1.165) is 0 Å². The maximum absolute atomic E-state index is 12.6. The van der Waals surface area contributed by atoms with Gasteiger partial charge >= 0.3 is 0 Å². The number of nitrogens with one attached hydrogen (secondary N) is 1. The lowest BCUT2D eigenvalue weighted by molar-refractivity contribution is -0.131. The quantitative estimate of drug-likeness (QED) is 0.894. The summed E-state index contributed by atoms with van der Waals surface area (Å²) < 4.78 is 26.5. The maximum atomic E-state index is 12.6. The number of hydrogen-bond donors (Lipinski definition) is 1. The topological polar surface area (TPSA) is 66.5 Å². The Bertz CT molecular complexity index is 613. The van der Waals surface area contributed by atoms with Crippen LogP contribution in [0.2, 0.25) is 5.02 Å². The molecule has 0 bridgehead atoms. The molecule has 0 spiro atoms. The van der Waals surface area contributed by atoms with Gasteiger partial charge in [0.1, 0.15) is 10.4 Å². The first kappa shape index (κ1) is 14.3. The third-order valence-electron chi connectivity index (χ3n) is 3.18. The van der Waals surface area contributed by atoms with Gasteiger partial charge in [-0.05, 0) is 26.0 Å². The zero-order valence-corrected chi connectivity index (χ0v) is 12.3. The molecule has 7 heteroatoms. The average Bonchev–Trinajstić information content (AvgIpc) is 2.32. The summed E-state index contributed by atoms with van der Waals surface area (Å²) in [7, 11) is -3.79. The van der Waals surface area contributed by atoms with Gasteiger partial charge in [0.05, 0.1) is 5.02 Å². The van der Waals surface area contributed by atoms with Crippen LogP contribution >= 0.6 is 11.6 Å². The van der Waals surface area contributed by atoms with E-state index >= 15 is 0 Å². The first-order valence-electron chi connectivity index (χ1n) is 5.83. The summed E-state index contributed by atoms with van der Waals surface area (Å²) in [5, 5.41) is 2.82. The summed E-state index contributed by atoms with van der Waals surface area (Å²) >= 11 is 5.95. The van der Waals surface area contributed by atoms with Gasteiger partial charge in [0.25, 0.3) is 0 Å². The van der Waals surface area contributed by atoms with Crippen molar-refractivity contribution in [2.24, 2.45) is 0 Å². The Morgan fingerprint density at radius 3 is 2.58 bits per heavy atom. The molecule has 0 atom stereocenters. The summed E-state index contributed by atoms with van der Waals surface area (Å²) in [4.78, 5) is 11.9. The fraction of sp³-hybridized carbons (Fsp3) is 0.417. The molecule has 1 aromatic rings. The molecule has 1 aliphatic rings. The lowest BCUT2D eigenvalue weighted by Gasteiger charge is -2.39. The van der Waals surface area contributed by atoms with Crippen LogP contribution in [0.4, 0.5) is 0 Å². The van der Waals surface area contributed by atoms with Crippen LogP contribution in [0.5, 0.6) is 0 Å². The summed E-state index contributed by atoms with van der Waals surface area (Å²) in [6.07, 6.45) is 0. The Labute approximate surface area is 117 Å². The first-order chi connectivity index (χ1) is 8.78. The summed E-state index contributed by atoms with van der Waals surface area (Å²) in [6, 6.07) is 6.23. The van der Waals surface area contributed by atoms with Crippen molar-refractivity contribution < 1.29 is 13.2 Å². The molecule has 1 aromatic carbocycles. The number of benzene rings is 1. The molecule has 0 saturated carbocycles. The molecule has 1 amide bonds. The molecule has 1 saturated heterocycles. The molecule has 2 rings (SSSR count). The normalized spacial score (nSPS) is 20.1. The molecule has 19 heavy (non-hydrogen) atoms. The first-order valence-corrected chi connectivity index (χ1v) is 7.65. The van der Waals surface area contributed by atoms with Crippen molar-refractivity contribution in [2.45, 2.75) is 24.3 Å². The van der Waals surface area contributed by atoms with Crippen LogP contribution in [0.1, 0.15) is 13.8 Å². The number of sulfonamides is 1. The van der Waals surface area contributed by atoms with Gasteiger partial charge in [-0.2, -0.15) is 4.31 Å². The van der Waals surface area contributed by atoms with Gasteiger partial charge in [-0.1, -0.05) is 23.7 Å². The number of carbonyl (C=O) groups excluding carboxylic acids is 1. The maximum Gasteiger partial charge on any atom is 0.245 e. The van der Waals surface area contributed by atoms with Gasteiger partial charge in [0.15, 0.2) is 0 Å². The van der Waals surface area contributed by atoms with E-state index in [-0.39, 0.29) is 22.4 Å². The minimum atomic E-state index is -3.79. The van der Waals surface area contributed by atoms with Crippen molar-refractivity contribution in [2.75, 3.05) is 13.1 Å². The average molecular weight is 303 g/mol. The molecule has 1 heterocycles. The fourth-order valence-corrected chi connectivity index (χ4v) is 4.32. The minimum absolute atomic E-state index is 0.0273. The molecular weight excluding hydrogens is 288 g/mol. The van der Waals surface area contributed by atoms with Crippen LogP contribution < -0.4 is 5.32 Å². The van der Waals surface area contributed by atoms with E-state index in [1.165, 1.54) is 16.4 Å². The Morgan fingerprint density at radius 2 is 1.95 bits per heavy atom. The SMILES string of the molecule is CC1(C)C(=O)NCCN1S(=O)(=O)c1ccccc1Cl. The molecule has 0 unspecified atom stereocenters. The predicted octanol–water partition coefficient (Wildman–Crippen LogP) is 1.24. The lowest BCUT2D eigenvalue weighted by atomic mass is 10.0. The Hall–Kier alpha value is -1.11. The number of halogens is 1. The van der Waals surface area contributed by atoms with Gasteiger partial charge in [-0.3, -0.25) is 4.79 Å². The zero-order valence-electron chi connectivity index (χ0n) is 10.7. The van der Waals surface area contributed by atoms with E-state index in [4.69, 9.17) is 11.6 Å². The van der Waals surface area contributed by atoms with E-state index in [0.29, 0.717) is 6.54 Å². The Balaban J connectivity index is 2.51. The molecule has 1 N–H and O–H groups in total. The van der Waals surface area contributed by atoms with Crippen molar-refractivity contribution in [1.82, 2.24) is 9.62 Å². The molecule has 0 aliphatic carbocycles. The highest BCUT2D eigenvalue weighted by molar-refractivity contribution is 7.89. The second kappa shape index (κ2) is 4.77. The highest BCUT2D eigenvalue weighted by Gasteiger charge is 2.45. The second-order valence-corrected chi connectivity index (χ2v) is 7.06. The smallest absolute Gasteiger partial charge is 0.245 e. The van der Waals surface area contributed by atoms with Gasteiger partial charge in [0.2, 0.25) is 15.9 Å². The van der Waals surface area contributed by atoms with Crippen LogP contribution in [-0.2, 0) is 14.8 Å². The van der Waals surface area contributed by atoms with Crippen molar-refractivity contribution in [3.05, 3.63) is 29.3 Å². The van der Waals surface area contributed by atoms with E-state index in [1.807, 2.05) is 0 Å². The molecule has 1 fully saturated rings. The third-order valence-corrected chi connectivity index (χ3v) is 5.76. The fourth-order valence-electron chi connectivity index (χ4n) is 2.07. The number of amides is 1. The van der Waals surface area contributed by atoms with Gasteiger partial charge < -0.3 is 5.32 Å². The summed E-state index contributed by atoms with van der Waals surface area (Å²) in [5.74, 6) is -0.311. The van der Waals surface area contributed by atoms with E-state index < -0.39 is 15.6 Å². The second-order valence-electron chi connectivity index (χ2n) is 4.82. The van der Waals surface area contributed by atoms with Crippen LogP contribution in [0.25, 0.3) is 0 Å². The lowest BCUT2D eigenvalue weighted by Crippen LogP contribution is -2.63. The Kier molecular flexibility index (Phi) is 3.59. The third kappa shape index (κ3) is 2.35. The summed E-state index contributed by atoms with van der Waals surface area (Å²) in [5.41, 5.74) is -1.13. The molecule has 5 nitrogen and oxygen atoms in total. The van der Waals surface area contributed by atoms with E-state index in [1.54, 1.807) is 26.0 Å². The van der Waals surface area contributed by atoms with E-state index in [2.05, 4.69) is 5.32 Å². The van der Waals surface area contributed by atoms with Gasteiger partial charge in [-0.25, -0.2) is 8.42 Å². The standard InChI is InChI=1S/C12H15ClN2O3S/c1-12(2)11(16)14-7-8-15(12)19(17,18)10-6-4-3-5-9(10)13/h3-6H,7-8H2,1-2H3,(H,14,16). The summed E-state index contributed by atoms with van der Waals surface area (Å²) in [6.45, 7) is 3.68. The molecular formula is C12H15ClN2O3S. The highest BCUT2D eigenvalue weighted by Crippen LogP contribution is 2.30. The monoisotopic (exact) mass is 302 g/mol. The van der Waals surface area contributed by atoms with Crippen molar-refractivity contribution in [3.8, 4) is 0 Å². The minimum Gasteiger partial charge on any atom is -0.353 e. The molecule has 0 radical (unpaired) electrons. The van der Waals surface area contributed by atoms with Crippen LogP contribution in [-0.4, -0.2) is 37.3 Å². The number of rotatable bonds is 2. The highest BCUT2D eigenvalue weighted by atomic mass is 35.5. The van der Waals surface area contributed by atoms with Crippen molar-refractivity contribution >= 4 is 27.5 Å². The largest absolute Gasteiger partial charge is 0.353 e. The van der Waals surface area contributed by atoms with Gasteiger partial charge in [0, 0.05) is 13.1 Å². The Morgan fingerprint density at radius 1 is 1.32 bits per heavy atom.